The van der Waals surface area contributed by atoms with Crippen LogP contribution < -0.4 is 5.49 Å². The summed E-state index contributed by atoms with van der Waals surface area (Å²) in [6.07, 6.45) is 1.94. The van der Waals surface area contributed by atoms with Crippen LogP contribution >= 0.6 is 0 Å². The summed E-state index contributed by atoms with van der Waals surface area (Å²) >= 11 is 0. The molecule has 1 saturated carbocycles. The lowest BCUT2D eigenvalue weighted by Gasteiger charge is -2.05. The van der Waals surface area contributed by atoms with E-state index in [0.29, 0.717) is 11.9 Å². The fourth-order valence-corrected chi connectivity index (χ4v) is 1.85. The summed E-state index contributed by atoms with van der Waals surface area (Å²) in [6.45, 7) is 3.83. The molecular weight excluding hydrogens is 234 g/mol. The summed E-state index contributed by atoms with van der Waals surface area (Å²) in [6, 6.07) is 4.60. The highest BCUT2D eigenvalue weighted by Gasteiger charge is 2.53. The van der Waals surface area contributed by atoms with Crippen molar-refractivity contribution in [2.45, 2.75) is 32.4 Å². The molecule has 0 amide bonds. The van der Waals surface area contributed by atoms with Gasteiger partial charge in [0.25, 0.3) is 0 Å². The summed E-state index contributed by atoms with van der Waals surface area (Å²) < 4.78 is 1.41. The van der Waals surface area contributed by atoms with Gasteiger partial charge in [-0.1, -0.05) is 6.07 Å². The number of carbonyl (C=O) groups excluding carboxylic acids is 1. The first-order chi connectivity index (χ1) is 8.50. The van der Waals surface area contributed by atoms with Crippen molar-refractivity contribution in [3.63, 3.8) is 0 Å². The minimum atomic E-state index is -0.725. The molecule has 6 heteroatoms. The van der Waals surface area contributed by atoms with Crippen LogP contribution in [0.3, 0.4) is 0 Å². The molecular formula is C12H15N3O3. The van der Waals surface area contributed by atoms with Crippen LogP contribution in [0.25, 0.3) is 0 Å². The van der Waals surface area contributed by atoms with Crippen LogP contribution in [0.2, 0.25) is 0 Å². The third-order valence-corrected chi connectivity index (χ3v) is 2.81. The van der Waals surface area contributed by atoms with Gasteiger partial charge in [-0.15, -0.1) is 0 Å². The highest BCUT2D eigenvalue weighted by molar-refractivity contribution is 5.84. The van der Waals surface area contributed by atoms with Crippen LogP contribution in [0.15, 0.2) is 29.4 Å². The highest BCUT2D eigenvalue weighted by Crippen LogP contribution is 2.33. The maximum absolute atomic E-state index is 12.1. The van der Waals surface area contributed by atoms with E-state index in [4.69, 9.17) is 0 Å². The van der Waals surface area contributed by atoms with Crippen molar-refractivity contribution in [1.29, 1.82) is 0 Å². The van der Waals surface area contributed by atoms with Crippen molar-refractivity contribution in [3.05, 3.63) is 40.0 Å². The number of carbonyl (C=O) groups is 1. The van der Waals surface area contributed by atoms with Gasteiger partial charge in [-0.05, 0) is 26.0 Å². The van der Waals surface area contributed by atoms with Gasteiger partial charge in [0.05, 0.1) is 0 Å². The molecule has 1 aliphatic rings. The van der Waals surface area contributed by atoms with E-state index < -0.39 is 12.0 Å². The van der Waals surface area contributed by atoms with E-state index in [1.165, 1.54) is 4.57 Å². The SMILES string of the molecule is CC(C)N=c1ccccn1C(=O)C1CC1[N+](=O)[O-]. The van der Waals surface area contributed by atoms with Crippen LogP contribution in [-0.2, 0) is 0 Å². The van der Waals surface area contributed by atoms with Gasteiger partial charge >= 0.3 is 0 Å². The predicted molar refractivity (Wildman–Crippen MR) is 64.6 cm³/mol. The Bertz CT molecular complexity index is 547. The Hall–Kier alpha value is -1.98. The van der Waals surface area contributed by atoms with Gasteiger partial charge in [-0.3, -0.25) is 24.5 Å². The molecule has 6 nitrogen and oxygen atoms in total. The molecule has 1 aromatic heterocycles. The lowest BCUT2D eigenvalue weighted by Crippen LogP contribution is -2.30. The molecule has 1 aromatic rings. The van der Waals surface area contributed by atoms with Crippen LogP contribution in [0, 0.1) is 16.0 Å². The summed E-state index contributed by atoms with van der Waals surface area (Å²) in [5.41, 5.74) is 0.548. The second kappa shape index (κ2) is 4.72. The molecule has 0 saturated heterocycles. The zero-order valence-corrected chi connectivity index (χ0v) is 10.3. The van der Waals surface area contributed by atoms with Gasteiger partial charge in [0.1, 0.15) is 11.4 Å². The number of nitrogens with zero attached hydrogens (tertiary/aromatic N) is 3. The topological polar surface area (TPSA) is 77.5 Å². The Morgan fingerprint density at radius 2 is 2.28 bits per heavy atom. The fraction of sp³-hybridized carbons (Fsp3) is 0.500. The predicted octanol–water partition coefficient (Wildman–Crippen LogP) is 1.10. The lowest BCUT2D eigenvalue weighted by atomic mass is 10.3. The Morgan fingerprint density at radius 1 is 1.56 bits per heavy atom. The first-order valence-corrected chi connectivity index (χ1v) is 5.90. The molecule has 18 heavy (non-hydrogen) atoms. The number of hydrogen-bond acceptors (Lipinski definition) is 4. The van der Waals surface area contributed by atoms with Crippen LogP contribution in [0.4, 0.5) is 0 Å². The Kier molecular flexibility index (Phi) is 3.27. The van der Waals surface area contributed by atoms with Crippen molar-refractivity contribution in [3.8, 4) is 0 Å². The van der Waals surface area contributed by atoms with E-state index in [2.05, 4.69) is 4.99 Å². The first-order valence-electron chi connectivity index (χ1n) is 5.90. The molecule has 0 aliphatic heterocycles. The molecule has 1 heterocycles. The van der Waals surface area contributed by atoms with Crippen molar-refractivity contribution in [2.24, 2.45) is 10.9 Å². The average molecular weight is 249 g/mol. The summed E-state index contributed by atoms with van der Waals surface area (Å²) in [4.78, 5) is 26.7. The summed E-state index contributed by atoms with van der Waals surface area (Å²) in [5, 5.41) is 10.6. The zero-order chi connectivity index (χ0) is 13.3. The smallest absolute Gasteiger partial charge is 0.242 e. The molecule has 96 valence electrons. The monoisotopic (exact) mass is 249 g/mol. The summed E-state index contributed by atoms with van der Waals surface area (Å²) in [5.74, 6) is -0.745. The normalized spacial score (nSPS) is 23.2. The van der Waals surface area contributed by atoms with E-state index in [-0.39, 0.29) is 16.9 Å². The Labute approximate surface area is 104 Å². The van der Waals surface area contributed by atoms with Crippen LogP contribution in [0.5, 0.6) is 0 Å². The molecule has 0 N–H and O–H groups in total. The molecule has 0 bridgehead atoms. The number of nitro groups is 1. The Balaban J connectivity index is 2.30. The average Bonchev–Trinajstić information content (AvgIpc) is 3.08. The van der Waals surface area contributed by atoms with Gasteiger partial charge in [-0.2, -0.15) is 0 Å². The number of pyridine rings is 1. The van der Waals surface area contributed by atoms with Crippen molar-refractivity contribution in [2.75, 3.05) is 0 Å². The second-order valence-corrected chi connectivity index (χ2v) is 4.68. The van der Waals surface area contributed by atoms with Crippen molar-refractivity contribution in [1.82, 2.24) is 4.57 Å². The minimum absolute atomic E-state index is 0.0666. The Morgan fingerprint density at radius 3 is 2.83 bits per heavy atom. The molecule has 1 fully saturated rings. The summed E-state index contributed by atoms with van der Waals surface area (Å²) in [7, 11) is 0. The quantitative estimate of drug-likeness (QED) is 0.594. The molecule has 0 radical (unpaired) electrons. The largest absolute Gasteiger partial charge is 0.273 e. The van der Waals surface area contributed by atoms with Crippen LogP contribution in [0.1, 0.15) is 25.1 Å². The van der Waals surface area contributed by atoms with E-state index >= 15 is 0 Å². The molecule has 2 rings (SSSR count). The van der Waals surface area contributed by atoms with Gasteiger partial charge in [0.2, 0.25) is 11.9 Å². The molecule has 0 spiro atoms. The van der Waals surface area contributed by atoms with E-state index in [9.17, 15) is 14.9 Å². The fourth-order valence-electron chi connectivity index (χ4n) is 1.85. The zero-order valence-electron chi connectivity index (χ0n) is 10.3. The first kappa shape index (κ1) is 12.5. The molecule has 0 aromatic carbocycles. The van der Waals surface area contributed by atoms with Crippen molar-refractivity contribution >= 4 is 5.91 Å². The third kappa shape index (κ3) is 2.47. The lowest BCUT2D eigenvalue weighted by molar-refractivity contribution is -0.497. The third-order valence-electron chi connectivity index (χ3n) is 2.81. The van der Waals surface area contributed by atoms with E-state index in [0.717, 1.165) is 0 Å². The highest BCUT2D eigenvalue weighted by atomic mass is 16.6. The number of aromatic nitrogens is 1. The number of hydrogen-bond donors (Lipinski definition) is 0. The minimum Gasteiger partial charge on any atom is -0.273 e. The molecule has 2 unspecified atom stereocenters. The van der Waals surface area contributed by atoms with Crippen molar-refractivity contribution < 1.29 is 9.72 Å². The van der Waals surface area contributed by atoms with E-state index in [1.807, 2.05) is 13.8 Å². The van der Waals surface area contributed by atoms with Gasteiger partial charge in [-0.25, -0.2) is 0 Å². The van der Waals surface area contributed by atoms with Gasteiger partial charge < -0.3 is 0 Å². The molecule has 1 aliphatic carbocycles. The molecule has 2 atom stereocenters. The standard InChI is InChI=1S/C12H15N3O3/c1-8(2)13-11-5-3-4-6-14(11)12(16)9-7-10(9)15(17)18/h3-6,8-10H,7H2,1-2H3. The maximum atomic E-state index is 12.1. The number of rotatable bonds is 3. The van der Waals surface area contributed by atoms with E-state index in [1.54, 1.807) is 24.4 Å². The van der Waals surface area contributed by atoms with Gasteiger partial charge in [0, 0.05) is 23.6 Å². The maximum Gasteiger partial charge on any atom is 0.242 e. The van der Waals surface area contributed by atoms with Crippen LogP contribution in [-0.4, -0.2) is 27.5 Å². The van der Waals surface area contributed by atoms with Gasteiger partial charge in [0.15, 0.2) is 0 Å². The second-order valence-electron chi connectivity index (χ2n) is 4.68.